The molecule has 1 N–H and O–H groups in total. The molecule has 0 saturated carbocycles. The van der Waals surface area contributed by atoms with Gasteiger partial charge in [-0.3, -0.25) is 4.98 Å². The van der Waals surface area contributed by atoms with Gasteiger partial charge in [-0.2, -0.15) is 0 Å². The van der Waals surface area contributed by atoms with Crippen molar-refractivity contribution < 1.29 is 9.84 Å². The fraction of sp³-hybridized carbons (Fsp3) is 0.600. The van der Waals surface area contributed by atoms with Crippen LogP contribution in [-0.2, 0) is 4.74 Å². The molecule has 15 heavy (non-hydrogen) atoms. The first kappa shape index (κ1) is 10.3. The van der Waals surface area contributed by atoms with Crippen molar-refractivity contribution in [1.29, 1.82) is 0 Å². The normalized spacial score (nSPS) is 26.7. The second kappa shape index (κ2) is 4.55. The first-order valence-corrected chi connectivity index (χ1v) is 5.06. The van der Waals surface area contributed by atoms with E-state index >= 15 is 0 Å². The van der Waals surface area contributed by atoms with Crippen LogP contribution in [0.25, 0.3) is 0 Å². The van der Waals surface area contributed by atoms with E-state index < -0.39 is 0 Å². The molecule has 82 valence electrons. The smallest absolute Gasteiger partial charge is 0.147 e. The summed E-state index contributed by atoms with van der Waals surface area (Å²) in [5.41, 5.74) is 0. The number of rotatable bonds is 2. The molecule has 5 heteroatoms. The predicted molar refractivity (Wildman–Crippen MR) is 55.7 cm³/mol. The lowest BCUT2D eigenvalue weighted by Crippen LogP contribution is -2.50. The Balaban J connectivity index is 2.13. The Labute approximate surface area is 88.7 Å². The second-order valence-electron chi connectivity index (χ2n) is 3.70. The van der Waals surface area contributed by atoms with E-state index in [1.165, 1.54) is 0 Å². The molecule has 2 atom stereocenters. The summed E-state index contributed by atoms with van der Waals surface area (Å²) in [6, 6.07) is 0.268. The molecule has 5 nitrogen and oxygen atoms in total. The molecule has 1 aliphatic heterocycles. The van der Waals surface area contributed by atoms with Crippen molar-refractivity contribution in [2.75, 3.05) is 24.7 Å². The number of hydrogen-bond donors (Lipinski definition) is 1. The van der Waals surface area contributed by atoms with Crippen molar-refractivity contribution in [3.8, 4) is 0 Å². The lowest BCUT2D eigenvalue weighted by atomic mass is 10.2. The van der Waals surface area contributed by atoms with Crippen LogP contribution in [0.3, 0.4) is 0 Å². The number of nitrogens with zero attached hydrogens (tertiary/aromatic N) is 3. The topological polar surface area (TPSA) is 58.5 Å². The lowest BCUT2D eigenvalue weighted by molar-refractivity contribution is -0.0105. The summed E-state index contributed by atoms with van der Waals surface area (Å²) in [5, 5.41) is 9.05. The Morgan fingerprint density at radius 3 is 3.13 bits per heavy atom. The summed E-state index contributed by atoms with van der Waals surface area (Å²) < 4.78 is 5.45. The number of aromatic nitrogens is 2. The van der Waals surface area contributed by atoms with Gasteiger partial charge >= 0.3 is 0 Å². The lowest BCUT2D eigenvalue weighted by Gasteiger charge is -2.37. The van der Waals surface area contributed by atoms with Gasteiger partial charge in [0.05, 0.1) is 31.6 Å². The Morgan fingerprint density at radius 2 is 2.47 bits per heavy atom. The average molecular weight is 209 g/mol. The molecule has 1 aromatic heterocycles. The van der Waals surface area contributed by atoms with Gasteiger partial charge in [-0.25, -0.2) is 4.98 Å². The van der Waals surface area contributed by atoms with Crippen molar-refractivity contribution in [3.63, 3.8) is 0 Å². The van der Waals surface area contributed by atoms with Crippen LogP contribution in [-0.4, -0.2) is 47.0 Å². The molecule has 2 rings (SSSR count). The largest absolute Gasteiger partial charge is 0.394 e. The summed E-state index contributed by atoms with van der Waals surface area (Å²) in [6.07, 6.45) is 4.93. The van der Waals surface area contributed by atoms with Crippen LogP contribution in [0.4, 0.5) is 5.82 Å². The molecule has 1 fully saturated rings. The first-order valence-electron chi connectivity index (χ1n) is 5.06. The van der Waals surface area contributed by atoms with Gasteiger partial charge in [-0.1, -0.05) is 0 Å². The van der Waals surface area contributed by atoms with Crippen molar-refractivity contribution in [1.82, 2.24) is 9.97 Å². The predicted octanol–water partition coefficient (Wildman–Crippen LogP) is 0.0626. The van der Waals surface area contributed by atoms with Crippen molar-refractivity contribution in [2.45, 2.75) is 19.1 Å². The number of hydrogen-bond acceptors (Lipinski definition) is 5. The summed E-state index contributed by atoms with van der Waals surface area (Å²) in [7, 11) is 0. The standard InChI is InChI=1S/C10H15N3O2/c1-8-7-15-9(6-14)5-13(8)10-4-11-2-3-12-10/h2-4,8-9,14H,5-7H2,1H3. The van der Waals surface area contributed by atoms with E-state index in [9.17, 15) is 0 Å². The summed E-state index contributed by atoms with van der Waals surface area (Å²) in [6.45, 7) is 3.39. The first-order chi connectivity index (χ1) is 7.31. The van der Waals surface area contributed by atoms with Gasteiger partial charge in [-0.15, -0.1) is 0 Å². The van der Waals surface area contributed by atoms with Gasteiger partial charge in [0, 0.05) is 18.9 Å². The highest BCUT2D eigenvalue weighted by Crippen LogP contribution is 2.17. The van der Waals surface area contributed by atoms with Gasteiger partial charge in [0.15, 0.2) is 0 Å². The maximum absolute atomic E-state index is 9.05. The van der Waals surface area contributed by atoms with E-state index in [1.807, 2.05) is 0 Å². The Morgan fingerprint density at radius 1 is 1.60 bits per heavy atom. The molecule has 1 saturated heterocycles. The summed E-state index contributed by atoms with van der Waals surface area (Å²) in [4.78, 5) is 10.4. The third-order valence-electron chi connectivity index (χ3n) is 2.55. The zero-order valence-electron chi connectivity index (χ0n) is 8.71. The van der Waals surface area contributed by atoms with E-state index in [0.29, 0.717) is 13.2 Å². The van der Waals surface area contributed by atoms with E-state index in [0.717, 1.165) is 5.82 Å². The van der Waals surface area contributed by atoms with Gasteiger partial charge in [0.1, 0.15) is 5.82 Å². The number of morpholine rings is 1. The maximum Gasteiger partial charge on any atom is 0.147 e. The Kier molecular flexibility index (Phi) is 3.13. The molecular weight excluding hydrogens is 194 g/mol. The quantitative estimate of drug-likeness (QED) is 0.746. The van der Waals surface area contributed by atoms with Crippen LogP contribution < -0.4 is 4.90 Å². The molecule has 0 radical (unpaired) electrons. The Bertz CT molecular complexity index is 307. The SMILES string of the molecule is CC1COC(CO)CN1c1cnccn1. The van der Waals surface area contributed by atoms with E-state index in [4.69, 9.17) is 9.84 Å². The molecular formula is C10H15N3O2. The van der Waals surface area contributed by atoms with Crippen molar-refractivity contribution in [3.05, 3.63) is 18.6 Å². The molecule has 1 aromatic rings. The molecule has 0 spiro atoms. The minimum absolute atomic E-state index is 0.0451. The van der Waals surface area contributed by atoms with Crippen LogP contribution >= 0.6 is 0 Å². The average Bonchev–Trinajstić information content (AvgIpc) is 2.31. The number of aliphatic hydroxyl groups excluding tert-OH is 1. The highest BCUT2D eigenvalue weighted by atomic mass is 16.5. The van der Waals surface area contributed by atoms with E-state index in [-0.39, 0.29) is 18.8 Å². The third-order valence-corrected chi connectivity index (χ3v) is 2.55. The number of ether oxygens (including phenoxy) is 1. The monoisotopic (exact) mass is 209 g/mol. The molecule has 0 bridgehead atoms. The second-order valence-corrected chi connectivity index (χ2v) is 3.70. The minimum Gasteiger partial charge on any atom is -0.394 e. The molecule has 0 aromatic carbocycles. The van der Waals surface area contributed by atoms with E-state index in [2.05, 4.69) is 21.8 Å². The summed E-state index contributed by atoms with van der Waals surface area (Å²) >= 11 is 0. The maximum atomic E-state index is 9.05. The van der Waals surface area contributed by atoms with Gasteiger partial charge in [-0.05, 0) is 6.92 Å². The van der Waals surface area contributed by atoms with E-state index in [1.54, 1.807) is 18.6 Å². The minimum atomic E-state index is -0.122. The fourth-order valence-corrected chi connectivity index (χ4v) is 1.69. The third kappa shape index (κ3) is 2.24. The molecule has 1 aliphatic rings. The van der Waals surface area contributed by atoms with Crippen LogP contribution in [0.1, 0.15) is 6.92 Å². The highest BCUT2D eigenvalue weighted by molar-refractivity contribution is 5.37. The highest BCUT2D eigenvalue weighted by Gasteiger charge is 2.26. The van der Waals surface area contributed by atoms with Crippen LogP contribution in [0.5, 0.6) is 0 Å². The van der Waals surface area contributed by atoms with Gasteiger partial charge < -0.3 is 14.7 Å². The molecule has 2 heterocycles. The number of anilines is 1. The Hall–Kier alpha value is -1.20. The zero-order chi connectivity index (χ0) is 10.7. The van der Waals surface area contributed by atoms with Crippen molar-refractivity contribution in [2.24, 2.45) is 0 Å². The summed E-state index contributed by atoms with van der Waals surface area (Å²) in [5.74, 6) is 0.840. The van der Waals surface area contributed by atoms with Gasteiger partial charge in [0.25, 0.3) is 0 Å². The van der Waals surface area contributed by atoms with Gasteiger partial charge in [0.2, 0.25) is 0 Å². The molecule has 0 amide bonds. The zero-order valence-corrected chi connectivity index (χ0v) is 8.71. The van der Waals surface area contributed by atoms with Crippen LogP contribution in [0.15, 0.2) is 18.6 Å². The van der Waals surface area contributed by atoms with Crippen molar-refractivity contribution >= 4 is 5.82 Å². The van der Waals surface area contributed by atoms with Crippen LogP contribution in [0, 0.1) is 0 Å². The molecule has 2 unspecified atom stereocenters. The van der Waals surface area contributed by atoms with Crippen LogP contribution in [0.2, 0.25) is 0 Å². The fourth-order valence-electron chi connectivity index (χ4n) is 1.69. The molecule has 0 aliphatic carbocycles. The number of aliphatic hydroxyl groups is 1.